The Hall–Kier alpha value is -2.08. The molecule has 1 unspecified atom stereocenters. The van der Waals surface area contributed by atoms with Gasteiger partial charge in [-0.15, -0.1) is 0 Å². The van der Waals surface area contributed by atoms with Gasteiger partial charge in [-0.3, -0.25) is 0 Å². The highest BCUT2D eigenvalue weighted by molar-refractivity contribution is 5.67. The topological polar surface area (TPSA) is 83.4 Å². The van der Waals surface area contributed by atoms with E-state index in [-0.39, 0.29) is 6.04 Å². The monoisotopic (exact) mass is 275 g/mol. The Balaban J connectivity index is 1.96. The third-order valence-corrected chi connectivity index (χ3v) is 3.50. The number of aromatic nitrogens is 2. The molecule has 1 heterocycles. The van der Waals surface area contributed by atoms with Gasteiger partial charge >= 0.3 is 0 Å². The second kappa shape index (κ2) is 5.13. The predicted molar refractivity (Wildman–Crippen MR) is 72.5 cm³/mol. The molecule has 1 saturated carbocycles. The van der Waals surface area contributed by atoms with Gasteiger partial charge in [-0.25, -0.2) is 0 Å². The molecule has 1 atom stereocenters. The van der Waals surface area contributed by atoms with Gasteiger partial charge in [0.1, 0.15) is 0 Å². The summed E-state index contributed by atoms with van der Waals surface area (Å²) in [6.45, 7) is 0. The van der Waals surface area contributed by atoms with Crippen molar-refractivity contribution in [2.45, 2.75) is 18.9 Å². The van der Waals surface area contributed by atoms with Gasteiger partial charge in [-0.05, 0) is 30.9 Å². The van der Waals surface area contributed by atoms with Gasteiger partial charge in [0.15, 0.2) is 17.3 Å². The summed E-state index contributed by atoms with van der Waals surface area (Å²) in [7, 11) is 3.17. The SMILES string of the molecule is COc1cccc(-c2nc(C(N)C3CC3)no2)c1OC. The minimum Gasteiger partial charge on any atom is -0.493 e. The average Bonchev–Trinajstić information content (AvgIpc) is 3.22. The molecule has 1 aromatic heterocycles. The quantitative estimate of drug-likeness (QED) is 0.900. The van der Waals surface area contributed by atoms with Crippen molar-refractivity contribution in [1.82, 2.24) is 10.1 Å². The summed E-state index contributed by atoms with van der Waals surface area (Å²) in [5.74, 6) is 2.62. The molecule has 1 aliphatic carbocycles. The molecule has 106 valence electrons. The maximum Gasteiger partial charge on any atom is 0.261 e. The molecular weight excluding hydrogens is 258 g/mol. The van der Waals surface area contributed by atoms with Crippen molar-refractivity contribution in [2.24, 2.45) is 11.7 Å². The molecule has 0 saturated heterocycles. The Labute approximate surface area is 116 Å². The number of methoxy groups -OCH3 is 2. The first-order valence-electron chi connectivity index (χ1n) is 6.55. The third kappa shape index (κ3) is 2.22. The van der Waals surface area contributed by atoms with Crippen LogP contribution in [0.4, 0.5) is 0 Å². The maximum absolute atomic E-state index is 6.08. The predicted octanol–water partition coefficient (Wildman–Crippen LogP) is 2.16. The largest absolute Gasteiger partial charge is 0.493 e. The van der Waals surface area contributed by atoms with Crippen LogP contribution in [0, 0.1) is 5.92 Å². The molecular formula is C14H17N3O3. The van der Waals surface area contributed by atoms with E-state index in [4.69, 9.17) is 19.7 Å². The van der Waals surface area contributed by atoms with Gasteiger partial charge in [-0.1, -0.05) is 11.2 Å². The van der Waals surface area contributed by atoms with Crippen molar-refractivity contribution >= 4 is 0 Å². The van der Waals surface area contributed by atoms with E-state index >= 15 is 0 Å². The van der Waals surface area contributed by atoms with E-state index in [1.165, 1.54) is 0 Å². The Morgan fingerprint density at radius 3 is 2.75 bits per heavy atom. The van der Waals surface area contributed by atoms with E-state index in [1.807, 2.05) is 18.2 Å². The second-order valence-electron chi connectivity index (χ2n) is 4.86. The van der Waals surface area contributed by atoms with E-state index in [2.05, 4.69) is 10.1 Å². The zero-order chi connectivity index (χ0) is 14.1. The molecule has 6 heteroatoms. The second-order valence-corrected chi connectivity index (χ2v) is 4.86. The van der Waals surface area contributed by atoms with Crippen LogP contribution in [0.15, 0.2) is 22.7 Å². The lowest BCUT2D eigenvalue weighted by Gasteiger charge is -2.09. The van der Waals surface area contributed by atoms with Crippen LogP contribution < -0.4 is 15.2 Å². The summed E-state index contributed by atoms with van der Waals surface area (Å²) in [6, 6.07) is 5.36. The summed E-state index contributed by atoms with van der Waals surface area (Å²) in [5.41, 5.74) is 6.78. The summed E-state index contributed by atoms with van der Waals surface area (Å²) in [5, 5.41) is 3.98. The summed E-state index contributed by atoms with van der Waals surface area (Å²) in [4.78, 5) is 4.39. The van der Waals surface area contributed by atoms with Crippen LogP contribution >= 0.6 is 0 Å². The van der Waals surface area contributed by atoms with Crippen LogP contribution in [0.1, 0.15) is 24.7 Å². The van der Waals surface area contributed by atoms with Crippen LogP contribution in [0.3, 0.4) is 0 Å². The highest BCUT2D eigenvalue weighted by Gasteiger charge is 2.33. The van der Waals surface area contributed by atoms with Crippen LogP contribution in [-0.4, -0.2) is 24.4 Å². The van der Waals surface area contributed by atoms with Gasteiger partial charge in [0.25, 0.3) is 5.89 Å². The highest BCUT2D eigenvalue weighted by Crippen LogP contribution is 2.40. The Morgan fingerprint density at radius 2 is 2.10 bits per heavy atom. The standard InChI is InChI=1S/C14H17N3O3/c1-18-10-5-3-4-9(12(10)19-2)14-16-13(17-20-14)11(15)8-6-7-8/h3-5,8,11H,6-7,15H2,1-2H3. The Bertz CT molecular complexity index is 607. The molecule has 2 N–H and O–H groups in total. The van der Waals surface area contributed by atoms with E-state index in [1.54, 1.807) is 14.2 Å². The number of para-hydroxylation sites is 1. The van der Waals surface area contributed by atoms with Crippen LogP contribution in [0.2, 0.25) is 0 Å². The number of nitrogens with zero attached hydrogens (tertiary/aromatic N) is 2. The van der Waals surface area contributed by atoms with Gasteiger partial charge < -0.3 is 19.7 Å². The van der Waals surface area contributed by atoms with E-state index in [0.717, 1.165) is 12.8 Å². The summed E-state index contributed by atoms with van der Waals surface area (Å²) in [6.07, 6.45) is 2.26. The summed E-state index contributed by atoms with van der Waals surface area (Å²) < 4.78 is 15.9. The number of ether oxygens (including phenoxy) is 2. The Morgan fingerprint density at radius 1 is 1.30 bits per heavy atom. The zero-order valence-corrected chi connectivity index (χ0v) is 11.5. The smallest absolute Gasteiger partial charge is 0.261 e. The third-order valence-electron chi connectivity index (χ3n) is 3.50. The number of benzene rings is 1. The van der Waals surface area contributed by atoms with Crippen LogP contribution in [-0.2, 0) is 0 Å². The van der Waals surface area contributed by atoms with Gasteiger partial charge in [0.05, 0.1) is 25.8 Å². The van der Waals surface area contributed by atoms with Crippen LogP contribution in [0.25, 0.3) is 11.5 Å². The molecule has 20 heavy (non-hydrogen) atoms. The fourth-order valence-electron chi connectivity index (χ4n) is 2.20. The average molecular weight is 275 g/mol. The molecule has 1 fully saturated rings. The van der Waals surface area contributed by atoms with Crippen LogP contribution in [0.5, 0.6) is 11.5 Å². The summed E-state index contributed by atoms with van der Waals surface area (Å²) >= 11 is 0. The van der Waals surface area contributed by atoms with E-state index in [0.29, 0.717) is 34.7 Å². The lowest BCUT2D eigenvalue weighted by atomic mass is 10.1. The number of hydrogen-bond acceptors (Lipinski definition) is 6. The van der Waals surface area contributed by atoms with Gasteiger partial charge in [-0.2, -0.15) is 4.98 Å². The minimum absolute atomic E-state index is 0.149. The van der Waals surface area contributed by atoms with Crippen molar-refractivity contribution in [3.8, 4) is 23.0 Å². The number of rotatable bonds is 5. The molecule has 1 aromatic carbocycles. The molecule has 1 aliphatic rings. The minimum atomic E-state index is -0.149. The Kier molecular flexibility index (Phi) is 3.31. The first kappa shape index (κ1) is 12.9. The zero-order valence-electron chi connectivity index (χ0n) is 11.5. The molecule has 0 spiro atoms. The molecule has 3 rings (SSSR count). The van der Waals surface area contributed by atoms with Crippen molar-refractivity contribution in [1.29, 1.82) is 0 Å². The van der Waals surface area contributed by atoms with Crippen molar-refractivity contribution in [3.05, 3.63) is 24.0 Å². The van der Waals surface area contributed by atoms with Gasteiger partial charge in [0.2, 0.25) is 0 Å². The van der Waals surface area contributed by atoms with Gasteiger partial charge in [0, 0.05) is 0 Å². The van der Waals surface area contributed by atoms with Crippen molar-refractivity contribution in [2.75, 3.05) is 14.2 Å². The highest BCUT2D eigenvalue weighted by atomic mass is 16.5. The fourth-order valence-corrected chi connectivity index (χ4v) is 2.20. The molecule has 0 amide bonds. The lowest BCUT2D eigenvalue weighted by Crippen LogP contribution is -2.13. The maximum atomic E-state index is 6.08. The molecule has 2 aromatic rings. The molecule has 6 nitrogen and oxygen atoms in total. The number of hydrogen-bond donors (Lipinski definition) is 1. The normalized spacial score (nSPS) is 15.9. The molecule has 0 aliphatic heterocycles. The van der Waals surface area contributed by atoms with Crippen molar-refractivity contribution < 1.29 is 14.0 Å². The number of nitrogens with two attached hydrogens (primary N) is 1. The first-order chi connectivity index (χ1) is 9.74. The molecule has 0 radical (unpaired) electrons. The molecule has 0 bridgehead atoms. The first-order valence-corrected chi connectivity index (χ1v) is 6.55. The van der Waals surface area contributed by atoms with Crippen molar-refractivity contribution in [3.63, 3.8) is 0 Å². The van der Waals surface area contributed by atoms with E-state index < -0.39 is 0 Å². The van der Waals surface area contributed by atoms with E-state index in [9.17, 15) is 0 Å². The lowest BCUT2D eigenvalue weighted by molar-refractivity contribution is 0.353. The fraction of sp³-hybridized carbons (Fsp3) is 0.429.